The van der Waals surface area contributed by atoms with Crippen LogP contribution in [0, 0.1) is 34.5 Å². The molecule has 0 unspecified atom stereocenters. The summed E-state index contributed by atoms with van der Waals surface area (Å²) < 4.78 is 0. The van der Waals surface area contributed by atoms with E-state index in [0.29, 0.717) is 25.7 Å². The molecule has 0 aliphatic heterocycles. The first-order chi connectivity index (χ1) is 6.79. The van der Waals surface area contributed by atoms with E-state index >= 15 is 0 Å². The Labute approximate surface area is 84.4 Å². The van der Waals surface area contributed by atoms with Gasteiger partial charge in [-0.2, -0.15) is 10.5 Å². The molecule has 0 aliphatic carbocycles. The van der Waals surface area contributed by atoms with Crippen molar-refractivity contribution in [2.75, 3.05) is 13.2 Å². The fraction of sp³-hybridized carbons (Fsp3) is 0.800. The molecule has 4 heteroatoms. The van der Waals surface area contributed by atoms with Gasteiger partial charge in [0, 0.05) is 26.1 Å². The quantitative estimate of drug-likeness (QED) is 0.630. The minimum Gasteiger partial charge on any atom is -0.396 e. The Morgan fingerprint density at radius 3 is 1.43 bits per heavy atom. The minimum atomic E-state index is 0.0248. The van der Waals surface area contributed by atoms with Crippen molar-refractivity contribution in [3.05, 3.63) is 0 Å². The molecule has 0 aromatic rings. The van der Waals surface area contributed by atoms with Crippen LogP contribution in [0.4, 0.5) is 0 Å². The van der Waals surface area contributed by atoms with Gasteiger partial charge in [-0.15, -0.1) is 0 Å². The first-order valence-electron chi connectivity index (χ1n) is 4.75. The summed E-state index contributed by atoms with van der Waals surface area (Å²) in [5, 5.41) is 34.7. The fourth-order valence-electron chi connectivity index (χ4n) is 1.58. The zero-order chi connectivity index (χ0) is 10.8. The van der Waals surface area contributed by atoms with E-state index in [-0.39, 0.29) is 25.0 Å². The van der Waals surface area contributed by atoms with Gasteiger partial charge < -0.3 is 10.2 Å². The largest absolute Gasteiger partial charge is 0.396 e. The van der Waals surface area contributed by atoms with Crippen LogP contribution < -0.4 is 0 Å². The van der Waals surface area contributed by atoms with Crippen LogP contribution >= 0.6 is 0 Å². The van der Waals surface area contributed by atoms with E-state index in [0.717, 1.165) is 0 Å². The van der Waals surface area contributed by atoms with Crippen LogP contribution in [0.2, 0.25) is 0 Å². The molecule has 2 atom stereocenters. The lowest BCUT2D eigenvalue weighted by Gasteiger charge is -2.21. The minimum absolute atomic E-state index is 0.0248. The molecular weight excluding hydrogens is 180 g/mol. The second kappa shape index (κ2) is 8.50. The highest BCUT2D eigenvalue weighted by atomic mass is 16.3. The van der Waals surface area contributed by atoms with Crippen LogP contribution in [-0.2, 0) is 0 Å². The number of hydrogen-bond donors (Lipinski definition) is 2. The van der Waals surface area contributed by atoms with Crippen LogP contribution in [0.25, 0.3) is 0 Å². The van der Waals surface area contributed by atoms with E-state index in [1.54, 1.807) is 0 Å². The Balaban J connectivity index is 4.23. The monoisotopic (exact) mass is 196 g/mol. The highest BCUT2D eigenvalue weighted by molar-refractivity contribution is 4.85. The van der Waals surface area contributed by atoms with Crippen molar-refractivity contribution in [1.82, 2.24) is 0 Å². The summed E-state index contributed by atoms with van der Waals surface area (Å²) in [5.41, 5.74) is 0. The predicted molar refractivity (Wildman–Crippen MR) is 50.8 cm³/mol. The van der Waals surface area contributed by atoms with Crippen LogP contribution in [-0.4, -0.2) is 23.4 Å². The van der Waals surface area contributed by atoms with E-state index in [2.05, 4.69) is 0 Å². The Kier molecular flexibility index (Phi) is 7.83. The predicted octanol–water partition coefficient (Wildman–Crippen LogP) is 0.811. The van der Waals surface area contributed by atoms with Gasteiger partial charge in [0.2, 0.25) is 0 Å². The number of aliphatic hydroxyl groups is 2. The molecule has 0 radical (unpaired) electrons. The molecule has 0 aliphatic rings. The summed E-state index contributed by atoms with van der Waals surface area (Å²) in [4.78, 5) is 0. The van der Waals surface area contributed by atoms with E-state index in [1.165, 1.54) is 0 Å². The fourth-order valence-corrected chi connectivity index (χ4v) is 1.58. The van der Waals surface area contributed by atoms with Gasteiger partial charge in [-0.25, -0.2) is 0 Å². The van der Waals surface area contributed by atoms with Crippen molar-refractivity contribution in [3.8, 4) is 12.1 Å². The van der Waals surface area contributed by atoms with Crippen LogP contribution in [0.3, 0.4) is 0 Å². The molecule has 14 heavy (non-hydrogen) atoms. The molecular formula is C10H16N2O2. The van der Waals surface area contributed by atoms with E-state index < -0.39 is 0 Å². The van der Waals surface area contributed by atoms with Gasteiger partial charge in [-0.05, 0) is 24.7 Å². The van der Waals surface area contributed by atoms with Crippen molar-refractivity contribution in [2.24, 2.45) is 11.8 Å². The van der Waals surface area contributed by atoms with Gasteiger partial charge in [-0.3, -0.25) is 0 Å². The lowest BCUT2D eigenvalue weighted by Crippen LogP contribution is -2.17. The Morgan fingerprint density at radius 2 is 1.21 bits per heavy atom. The highest BCUT2D eigenvalue weighted by Crippen LogP contribution is 2.25. The smallest absolute Gasteiger partial charge is 0.0624 e. The van der Waals surface area contributed by atoms with Crippen molar-refractivity contribution in [1.29, 1.82) is 10.5 Å². The molecule has 0 spiro atoms. The van der Waals surface area contributed by atoms with Crippen molar-refractivity contribution in [3.63, 3.8) is 0 Å². The average molecular weight is 196 g/mol. The third-order valence-corrected chi connectivity index (χ3v) is 2.37. The summed E-state index contributed by atoms with van der Waals surface area (Å²) in [7, 11) is 0. The zero-order valence-electron chi connectivity index (χ0n) is 8.19. The molecule has 0 amide bonds. The van der Waals surface area contributed by atoms with Crippen molar-refractivity contribution in [2.45, 2.75) is 25.7 Å². The first kappa shape index (κ1) is 12.9. The summed E-state index contributed by atoms with van der Waals surface area (Å²) in [6, 6.07) is 4.10. The molecule has 4 nitrogen and oxygen atoms in total. The topological polar surface area (TPSA) is 88.0 Å². The molecule has 78 valence electrons. The molecule has 0 aromatic carbocycles. The number of hydrogen-bond acceptors (Lipinski definition) is 4. The van der Waals surface area contributed by atoms with E-state index in [1.807, 2.05) is 12.1 Å². The Bertz CT molecular complexity index is 193. The van der Waals surface area contributed by atoms with Crippen LogP contribution in [0.1, 0.15) is 25.7 Å². The molecule has 0 saturated carbocycles. The van der Waals surface area contributed by atoms with Gasteiger partial charge in [0.1, 0.15) is 0 Å². The second-order valence-electron chi connectivity index (χ2n) is 3.27. The molecule has 0 aromatic heterocycles. The van der Waals surface area contributed by atoms with Gasteiger partial charge in [-0.1, -0.05) is 0 Å². The normalized spacial score (nSPS) is 14.0. The third-order valence-electron chi connectivity index (χ3n) is 2.37. The molecule has 0 rings (SSSR count). The summed E-state index contributed by atoms with van der Waals surface area (Å²) in [5.74, 6) is 0.0496. The lowest BCUT2D eigenvalue weighted by atomic mass is 9.83. The van der Waals surface area contributed by atoms with Gasteiger partial charge in [0.25, 0.3) is 0 Å². The van der Waals surface area contributed by atoms with Gasteiger partial charge in [0.05, 0.1) is 12.1 Å². The van der Waals surface area contributed by atoms with Crippen molar-refractivity contribution >= 4 is 0 Å². The molecule has 2 N–H and O–H groups in total. The number of rotatable bonds is 7. The van der Waals surface area contributed by atoms with E-state index in [9.17, 15) is 0 Å². The van der Waals surface area contributed by atoms with Crippen LogP contribution in [0.15, 0.2) is 0 Å². The van der Waals surface area contributed by atoms with Gasteiger partial charge >= 0.3 is 0 Å². The number of aliphatic hydroxyl groups excluding tert-OH is 2. The summed E-state index contributed by atoms with van der Waals surface area (Å²) in [6.07, 6.45) is 1.74. The first-order valence-corrected chi connectivity index (χ1v) is 4.75. The van der Waals surface area contributed by atoms with Crippen molar-refractivity contribution < 1.29 is 10.2 Å². The summed E-state index contributed by atoms with van der Waals surface area (Å²) >= 11 is 0. The Hall–Kier alpha value is -1.10. The average Bonchev–Trinajstić information content (AvgIpc) is 2.17. The molecule has 0 saturated heterocycles. The third kappa shape index (κ3) is 4.81. The molecule has 0 heterocycles. The Morgan fingerprint density at radius 1 is 0.857 bits per heavy atom. The second-order valence-corrected chi connectivity index (χ2v) is 3.27. The number of nitrogens with zero attached hydrogens (tertiary/aromatic N) is 2. The van der Waals surface area contributed by atoms with Gasteiger partial charge in [0.15, 0.2) is 0 Å². The maximum Gasteiger partial charge on any atom is 0.0624 e. The SMILES string of the molecule is N#CC[C@H](CCO)[C@H](CC#N)CCO. The molecule has 0 bridgehead atoms. The maximum atomic E-state index is 8.79. The highest BCUT2D eigenvalue weighted by Gasteiger charge is 2.20. The van der Waals surface area contributed by atoms with E-state index in [4.69, 9.17) is 20.7 Å². The number of nitriles is 2. The lowest BCUT2D eigenvalue weighted by molar-refractivity contribution is 0.185. The standard InChI is InChI=1S/C10H16N2O2/c11-5-1-9(3-7-13)10(2-6-12)4-8-14/h9-10,13-14H,1-4,7-8H2/t9-,10-/m1/s1. The zero-order valence-corrected chi connectivity index (χ0v) is 8.19. The maximum absolute atomic E-state index is 8.79. The van der Waals surface area contributed by atoms with Crippen LogP contribution in [0.5, 0.6) is 0 Å². The summed E-state index contributed by atoms with van der Waals surface area (Å²) in [6.45, 7) is 0.0550. The molecule has 0 fully saturated rings.